The number of benzene rings is 1. The third kappa shape index (κ3) is 4.76. The maximum absolute atomic E-state index is 12.7. The van der Waals surface area contributed by atoms with Gasteiger partial charge in [-0.3, -0.25) is 9.89 Å². The molecule has 4 rings (SSSR count). The van der Waals surface area contributed by atoms with Crippen LogP contribution in [0.15, 0.2) is 24.3 Å². The molecule has 0 atom stereocenters. The molecule has 2 aromatic rings. The molecule has 9 nitrogen and oxygen atoms in total. The average Bonchev–Trinajstić information content (AvgIpc) is 3.36. The number of H-pyrrole nitrogens is 1. The molecule has 2 aliphatic heterocycles. The van der Waals surface area contributed by atoms with E-state index in [0.717, 1.165) is 49.5 Å². The molecule has 1 fully saturated rings. The van der Waals surface area contributed by atoms with Crippen molar-refractivity contribution >= 4 is 27.4 Å². The largest absolute Gasteiger partial charge is 0.369 e. The predicted molar refractivity (Wildman–Crippen MR) is 121 cm³/mol. The second kappa shape index (κ2) is 8.97. The first-order valence-corrected chi connectivity index (χ1v) is 12.4. The van der Waals surface area contributed by atoms with E-state index in [1.54, 1.807) is 0 Å². The molecule has 0 saturated carbocycles. The monoisotopic (exact) mass is 446 g/mol. The molecule has 0 unspecified atom stereocenters. The number of aromatic nitrogens is 2. The van der Waals surface area contributed by atoms with Crippen LogP contribution in [0.2, 0.25) is 0 Å². The number of amides is 1. The number of piperazine rings is 1. The normalized spacial score (nSPS) is 17.7. The molecule has 1 aromatic heterocycles. The molecule has 0 radical (unpaired) electrons. The molecule has 0 spiro atoms. The molecule has 2 aliphatic rings. The number of fused-ring (bicyclic) bond motifs is 1. The number of nitrogens with one attached hydrogen (secondary N) is 2. The summed E-state index contributed by atoms with van der Waals surface area (Å²) in [4.78, 5) is 17.4. The van der Waals surface area contributed by atoms with Crippen LogP contribution in [0.3, 0.4) is 0 Å². The Hall–Kier alpha value is -2.43. The molecule has 2 N–H and O–H groups in total. The Bertz CT molecular complexity index is 1030. The maximum Gasteiger partial charge on any atom is 0.256 e. The van der Waals surface area contributed by atoms with Gasteiger partial charge in [0.2, 0.25) is 10.0 Å². The van der Waals surface area contributed by atoms with Gasteiger partial charge in [-0.2, -0.15) is 9.40 Å². The van der Waals surface area contributed by atoms with Crippen molar-refractivity contribution in [2.24, 2.45) is 0 Å². The molecule has 3 heterocycles. The van der Waals surface area contributed by atoms with Crippen LogP contribution in [0.1, 0.15) is 41.4 Å². The topological polar surface area (TPSA) is 102 Å². The van der Waals surface area contributed by atoms with Gasteiger partial charge in [0.05, 0.1) is 18.0 Å². The number of likely N-dealkylation sites (N-methyl/N-ethyl adjacent to an activating group) is 1. The van der Waals surface area contributed by atoms with Crippen molar-refractivity contribution in [3.8, 4) is 0 Å². The number of hydrogen-bond acceptors (Lipinski definition) is 6. The van der Waals surface area contributed by atoms with Gasteiger partial charge in [0.25, 0.3) is 5.91 Å². The molecule has 31 heavy (non-hydrogen) atoms. The number of hydrogen-bond donors (Lipinski definition) is 2. The quantitative estimate of drug-likeness (QED) is 0.673. The fraction of sp³-hybridized carbons (Fsp3) is 0.524. The summed E-state index contributed by atoms with van der Waals surface area (Å²) in [5.41, 5.74) is 3.13. The molecular formula is C21H30N6O3S. The first-order chi connectivity index (χ1) is 14.9. The lowest BCUT2D eigenvalue weighted by molar-refractivity contribution is 0.102. The summed E-state index contributed by atoms with van der Waals surface area (Å²) >= 11 is 0. The van der Waals surface area contributed by atoms with Crippen LogP contribution in [0, 0.1) is 0 Å². The van der Waals surface area contributed by atoms with E-state index in [4.69, 9.17) is 0 Å². The number of unbranched alkanes of at least 4 members (excludes halogenated alkanes) is 1. The zero-order valence-electron chi connectivity index (χ0n) is 18.1. The summed E-state index contributed by atoms with van der Waals surface area (Å²) in [5.74, 6) is 0.283. The molecule has 1 aromatic carbocycles. The fourth-order valence-corrected chi connectivity index (χ4v) is 5.50. The van der Waals surface area contributed by atoms with Crippen LogP contribution in [-0.2, 0) is 23.1 Å². The molecule has 10 heteroatoms. The van der Waals surface area contributed by atoms with E-state index in [2.05, 4.69) is 32.4 Å². The Balaban J connectivity index is 1.40. The lowest BCUT2D eigenvalue weighted by Gasteiger charge is -2.34. The smallest absolute Gasteiger partial charge is 0.256 e. The summed E-state index contributed by atoms with van der Waals surface area (Å²) in [5, 5.41) is 9.90. The van der Waals surface area contributed by atoms with Crippen molar-refractivity contribution in [3.05, 3.63) is 41.1 Å². The van der Waals surface area contributed by atoms with Crippen molar-refractivity contribution in [2.75, 3.05) is 49.2 Å². The highest BCUT2D eigenvalue weighted by Crippen LogP contribution is 2.30. The van der Waals surface area contributed by atoms with E-state index in [1.165, 1.54) is 4.31 Å². The van der Waals surface area contributed by atoms with Gasteiger partial charge in [0.1, 0.15) is 0 Å². The van der Waals surface area contributed by atoms with Gasteiger partial charge in [-0.05, 0) is 37.7 Å². The summed E-state index contributed by atoms with van der Waals surface area (Å²) in [7, 11) is -1.19. The summed E-state index contributed by atoms with van der Waals surface area (Å²) in [6, 6.07) is 7.57. The lowest BCUT2D eigenvalue weighted by atomic mass is 10.1. The van der Waals surface area contributed by atoms with Crippen LogP contribution >= 0.6 is 0 Å². The van der Waals surface area contributed by atoms with E-state index in [1.807, 2.05) is 31.2 Å². The van der Waals surface area contributed by atoms with Gasteiger partial charge >= 0.3 is 0 Å². The number of sulfonamides is 1. The van der Waals surface area contributed by atoms with Crippen LogP contribution in [0.4, 0.5) is 11.5 Å². The lowest BCUT2D eigenvalue weighted by Crippen LogP contribution is -2.44. The zero-order valence-corrected chi connectivity index (χ0v) is 18.9. The van der Waals surface area contributed by atoms with Crippen LogP contribution in [-0.4, -0.2) is 72.7 Å². The Kier molecular flexibility index (Phi) is 6.31. The minimum atomic E-state index is -3.31. The maximum atomic E-state index is 12.7. The van der Waals surface area contributed by atoms with Crippen LogP contribution < -0.4 is 10.2 Å². The van der Waals surface area contributed by atoms with Crippen molar-refractivity contribution in [1.82, 2.24) is 19.4 Å². The van der Waals surface area contributed by atoms with Crippen LogP contribution in [0.25, 0.3) is 0 Å². The van der Waals surface area contributed by atoms with Gasteiger partial charge in [-0.25, -0.2) is 8.42 Å². The van der Waals surface area contributed by atoms with Crippen molar-refractivity contribution < 1.29 is 13.2 Å². The second-order valence-electron chi connectivity index (χ2n) is 8.26. The summed E-state index contributed by atoms with van der Waals surface area (Å²) in [6.07, 6.45) is 1.47. The first-order valence-electron chi connectivity index (χ1n) is 10.8. The molecule has 1 saturated heterocycles. The minimum Gasteiger partial charge on any atom is -0.369 e. The highest BCUT2D eigenvalue weighted by molar-refractivity contribution is 7.89. The van der Waals surface area contributed by atoms with Crippen molar-refractivity contribution in [3.63, 3.8) is 0 Å². The molecular weight excluding hydrogens is 416 g/mol. The van der Waals surface area contributed by atoms with E-state index < -0.39 is 10.0 Å². The molecule has 1 amide bonds. The van der Waals surface area contributed by atoms with Gasteiger partial charge in [-0.1, -0.05) is 13.3 Å². The second-order valence-corrected chi connectivity index (χ2v) is 10.3. The summed E-state index contributed by atoms with van der Waals surface area (Å²) < 4.78 is 26.4. The number of aromatic amines is 1. The van der Waals surface area contributed by atoms with Gasteiger partial charge < -0.3 is 15.1 Å². The Morgan fingerprint density at radius 2 is 1.84 bits per heavy atom. The molecule has 0 bridgehead atoms. The standard InChI is InChI=1S/C21H30N6O3S/c1-3-4-13-31(29,30)27-14-18-19(15-27)23-24-20(18)22-21(28)16-5-7-17(8-6-16)26-11-9-25(2)10-12-26/h5-8H,3-4,9-15H2,1-2H3,(H2,22,23,24,28). The van der Waals surface area contributed by atoms with Crippen LogP contribution in [0.5, 0.6) is 0 Å². The SMILES string of the molecule is CCCCS(=O)(=O)N1Cc2[nH]nc(NC(=O)c3ccc(N4CCN(C)CC4)cc3)c2C1. The minimum absolute atomic E-state index is 0.141. The van der Waals surface area contributed by atoms with Gasteiger partial charge in [0.15, 0.2) is 5.82 Å². The third-order valence-electron chi connectivity index (χ3n) is 6.00. The van der Waals surface area contributed by atoms with Gasteiger partial charge in [0, 0.05) is 49.5 Å². The van der Waals surface area contributed by atoms with E-state index in [9.17, 15) is 13.2 Å². The van der Waals surface area contributed by atoms with E-state index in [-0.39, 0.29) is 24.7 Å². The Morgan fingerprint density at radius 1 is 1.13 bits per heavy atom. The predicted octanol–water partition coefficient (Wildman–Crippen LogP) is 1.86. The van der Waals surface area contributed by atoms with Gasteiger partial charge in [-0.15, -0.1) is 0 Å². The summed E-state index contributed by atoms with van der Waals surface area (Å²) in [6.45, 7) is 6.46. The highest BCUT2D eigenvalue weighted by Gasteiger charge is 2.32. The Labute approximate surface area is 183 Å². The zero-order chi connectivity index (χ0) is 22.0. The number of carbonyl (C=O) groups is 1. The number of anilines is 2. The first kappa shape index (κ1) is 21.8. The number of carbonyl (C=O) groups excluding carboxylic acids is 1. The van der Waals surface area contributed by atoms with Crippen molar-refractivity contribution in [1.29, 1.82) is 0 Å². The number of nitrogens with zero attached hydrogens (tertiary/aromatic N) is 4. The highest BCUT2D eigenvalue weighted by atomic mass is 32.2. The number of rotatable bonds is 7. The molecule has 168 valence electrons. The third-order valence-corrected chi connectivity index (χ3v) is 7.85. The van der Waals surface area contributed by atoms with E-state index >= 15 is 0 Å². The molecule has 0 aliphatic carbocycles. The van der Waals surface area contributed by atoms with Crippen molar-refractivity contribution in [2.45, 2.75) is 32.9 Å². The van der Waals surface area contributed by atoms with E-state index in [0.29, 0.717) is 17.8 Å². The Morgan fingerprint density at radius 3 is 2.52 bits per heavy atom. The fourth-order valence-electron chi connectivity index (χ4n) is 3.93. The average molecular weight is 447 g/mol.